The molecule has 2 nitrogen and oxygen atoms in total. The first-order chi connectivity index (χ1) is 8.46. The van der Waals surface area contributed by atoms with Gasteiger partial charge in [0.1, 0.15) is 11.4 Å². The summed E-state index contributed by atoms with van der Waals surface area (Å²) < 4.78 is 5.86. The summed E-state index contributed by atoms with van der Waals surface area (Å²) in [5, 5.41) is 0. The number of nitrogens with two attached hydrogens (primary N) is 1. The minimum Gasteiger partial charge on any atom is -0.488 e. The van der Waals surface area contributed by atoms with E-state index >= 15 is 0 Å². The Morgan fingerprint density at radius 1 is 0.944 bits per heavy atom. The third kappa shape index (κ3) is 3.04. The number of benzene rings is 2. The molecule has 2 aromatic rings. The van der Waals surface area contributed by atoms with Crippen molar-refractivity contribution in [2.75, 3.05) is 5.73 Å². The maximum atomic E-state index is 6.03. The van der Waals surface area contributed by atoms with Gasteiger partial charge in [0.25, 0.3) is 0 Å². The van der Waals surface area contributed by atoms with Gasteiger partial charge in [-0.05, 0) is 44.5 Å². The van der Waals surface area contributed by atoms with Crippen LogP contribution in [0, 0.1) is 0 Å². The fraction of sp³-hybridized carbons (Fsp3) is 0.250. The van der Waals surface area contributed by atoms with E-state index in [-0.39, 0.29) is 5.60 Å². The summed E-state index contributed by atoms with van der Waals surface area (Å²) in [6.07, 6.45) is 0. The Kier molecular flexibility index (Phi) is 3.28. The first-order valence-corrected chi connectivity index (χ1v) is 6.10. The van der Waals surface area contributed by atoms with Crippen molar-refractivity contribution in [3.05, 3.63) is 48.5 Å². The van der Waals surface area contributed by atoms with E-state index in [1.54, 1.807) is 0 Å². The Labute approximate surface area is 108 Å². The van der Waals surface area contributed by atoms with Crippen LogP contribution in [0.2, 0.25) is 0 Å². The van der Waals surface area contributed by atoms with E-state index in [4.69, 9.17) is 10.5 Å². The molecular formula is C16H19NO. The molecule has 0 aromatic heterocycles. The van der Waals surface area contributed by atoms with Crippen molar-refractivity contribution in [2.24, 2.45) is 0 Å². The maximum absolute atomic E-state index is 6.03. The fourth-order valence-electron chi connectivity index (χ4n) is 1.82. The topological polar surface area (TPSA) is 35.2 Å². The summed E-state index contributed by atoms with van der Waals surface area (Å²) in [5.41, 5.74) is 8.71. The van der Waals surface area contributed by atoms with Gasteiger partial charge in [-0.3, -0.25) is 0 Å². The number of hydrogen-bond donors (Lipinski definition) is 1. The summed E-state index contributed by atoms with van der Waals surface area (Å²) in [7, 11) is 0. The largest absolute Gasteiger partial charge is 0.488 e. The first-order valence-electron chi connectivity index (χ1n) is 6.10. The molecule has 94 valence electrons. The number of hydrogen-bond acceptors (Lipinski definition) is 2. The molecule has 0 heterocycles. The van der Waals surface area contributed by atoms with E-state index in [0.29, 0.717) is 0 Å². The van der Waals surface area contributed by atoms with Crippen LogP contribution in [-0.4, -0.2) is 5.60 Å². The molecule has 2 N–H and O–H groups in total. The Morgan fingerprint density at radius 2 is 1.61 bits per heavy atom. The van der Waals surface area contributed by atoms with E-state index in [1.807, 2.05) is 69.3 Å². The molecule has 0 aliphatic carbocycles. The highest BCUT2D eigenvalue weighted by Gasteiger charge is 2.13. The Balaban J connectivity index is 2.39. The molecule has 0 amide bonds. The summed E-state index contributed by atoms with van der Waals surface area (Å²) in [5.74, 6) is 0.843. The minimum absolute atomic E-state index is 0.204. The number of ether oxygens (including phenoxy) is 1. The van der Waals surface area contributed by atoms with Crippen molar-refractivity contribution in [3.8, 4) is 16.9 Å². The molecule has 0 aliphatic rings. The van der Waals surface area contributed by atoms with Gasteiger partial charge in [0, 0.05) is 11.3 Å². The second-order valence-corrected chi connectivity index (χ2v) is 5.33. The zero-order valence-corrected chi connectivity index (χ0v) is 11.1. The predicted octanol–water partition coefficient (Wildman–Crippen LogP) is 4.11. The first kappa shape index (κ1) is 12.5. The van der Waals surface area contributed by atoms with E-state index in [9.17, 15) is 0 Å². The second kappa shape index (κ2) is 4.73. The summed E-state index contributed by atoms with van der Waals surface area (Å²) in [6, 6.07) is 15.9. The molecule has 0 spiro atoms. The van der Waals surface area contributed by atoms with Crippen LogP contribution in [-0.2, 0) is 0 Å². The van der Waals surface area contributed by atoms with Crippen molar-refractivity contribution in [1.29, 1.82) is 0 Å². The monoisotopic (exact) mass is 241 g/mol. The van der Waals surface area contributed by atoms with Crippen LogP contribution in [0.25, 0.3) is 11.1 Å². The summed E-state index contributed by atoms with van der Waals surface area (Å²) in [6.45, 7) is 6.10. The van der Waals surface area contributed by atoms with Gasteiger partial charge in [0.15, 0.2) is 0 Å². The maximum Gasteiger partial charge on any atom is 0.120 e. The average molecular weight is 241 g/mol. The van der Waals surface area contributed by atoms with Crippen LogP contribution in [0.3, 0.4) is 0 Å². The van der Waals surface area contributed by atoms with Crippen LogP contribution in [0.5, 0.6) is 5.75 Å². The third-order valence-electron chi connectivity index (χ3n) is 2.53. The van der Waals surface area contributed by atoms with E-state index in [1.165, 1.54) is 0 Å². The van der Waals surface area contributed by atoms with Crippen molar-refractivity contribution >= 4 is 5.69 Å². The molecule has 0 atom stereocenters. The molecule has 0 fully saturated rings. The lowest BCUT2D eigenvalue weighted by atomic mass is 10.0. The fourth-order valence-corrected chi connectivity index (χ4v) is 1.82. The molecule has 2 aromatic carbocycles. The summed E-state index contributed by atoms with van der Waals surface area (Å²) in [4.78, 5) is 0. The quantitative estimate of drug-likeness (QED) is 0.803. The van der Waals surface area contributed by atoms with Gasteiger partial charge in [0.2, 0.25) is 0 Å². The molecule has 0 saturated carbocycles. The molecule has 0 bridgehead atoms. The number of anilines is 1. The van der Waals surface area contributed by atoms with Gasteiger partial charge in [-0.1, -0.05) is 30.3 Å². The van der Waals surface area contributed by atoms with Gasteiger partial charge in [-0.25, -0.2) is 0 Å². The summed E-state index contributed by atoms with van der Waals surface area (Å²) >= 11 is 0. The van der Waals surface area contributed by atoms with Gasteiger partial charge in [-0.2, -0.15) is 0 Å². The highest BCUT2D eigenvalue weighted by molar-refractivity contribution is 5.77. The van der Waals surface area contributed by atoms with Crippen molar-refractivity contribution < 1.29 is 4.74 Å². The second-order valence-electron chi connectivity index (χ2n) is 5.33. The highest BCUT2D eigenvalue weighted by Crippen LogP contribution is 2.31. The lowest BCUT2D eigenvalue weighted by molar-refractivity contribution is 0.131. The van der Waals surface area contributed by atoms with Crippen LogP contribution < -0.4 is 10.5 Å². The molecular weight excluding hydrogens is 222 g/mol. The lowest BCUT2D eigenvalue weighted by Gasteiger charge is -2.22. The molecule has 18 heavy (non-hydrogen) atoms. The van der Waals surface area contributed by atoms with Crippen molar-refractivity contribution in [2.45, 2.75) is 26.4 Å². The molecule has 0 aliphatic heterocycles. The van der Waals surface area contributed by atoms with Crippen LogP contribution in [0.1, 0.15) is 20.8 Å². The third-order valence-corrected chi connectivity index (χ3v) is 2.53. The molecule has 2 heteroatoms. The Hall–Kier alpha value is -1.96. The van der Waals surface area contributed by atoms with Crippen LogP contribution in [0.4, 0.5) is 5.69 Å². The molecule has 0 radical (unpaired) electrons. The van der Waals surface area contributed by atoms with Gasteiger partial charge < -0.3 is 10.5 Å². The SMILES string of the molecule is CC(C)(C)Oc1ccc(N)c(-c2ccccc2)c1. The highest BCUT2D eigenvalue weighted by atomic mass is 16.5. The normalized spacial score (nSPS) is 11.3. The number of nitrogen functional groups attached to an aromatic ring is 1. The van der Waals surface area contributed by atoms with Crippen molar-refractivity contribution in [1.82, 2.24) is 0 Å². The predicted molar refractivity (Wildman–Crippen MR) is 76.7 cm³/mol. The number of rotatable bonds is 2. The smallest absolute Gasteiger partial charge is 0.120 e. The van der Waals surface area contributed by atoms with E-state index in [0.717, 1.165) is 22.6 Å². The van der Waals surface area contributed by atoms with E-state index in [2.05, 4.69) is 0 Å². The Bertz CT molecular complexity index is 527. The minimum atomic E-state index is -0.204. The zero-order chi connectivity index (χ0) is 13.2. The molecule has 2 rings (SSSR count). The standard InChI is InChI=1S/C16H19NO/c1-16(2,3)18-13-9-10-15(17)14(11-13)12-7-5-4-6-8-12/h4-11H,17H2,1-3H3. The van der Waals surface area contributed by atoms with Gasteiger partial charge in [0.05, 0.1) is 0 Å². The average Bonchev–Trinajstić information content (AvgIpc) is 2.31. The van der Waals surface area contributed by atoms with Crippen molar-refractivity contribution in [3.63, 3.8) is 0 Å². The van der Waals surface area contributed by atoms with E-state index < -0.39 is 0 Å². The zero-order valence-electron chi connectivity index (χ0n) is 11.1. The lowest BCUT2D eigenvalue weighted by Crippen LogP contribution is -2.22. The van der Waals surface area contributed by atoms with Crippen LogP contribution >= 0.6 is 0 Å². The van der Waals surface area contributed by atoms with Crippen LogP contribution in [0.15, 0.2) is 48.5 Å². The van der Waals surface area contributed by atoms with Gasteiger partial charge in [-0.15, -0.1) is 0 Å². The van der Waals surface area contributed by atoms with Gasteiger partial charge >= 0.3 is 0 Å². The Morgan fingerprint density at radius 3 is 2.22 bits per heavy atom. The molecule has 0 unspecified atom stereocenters. The molecule has 0 saturated heterocycles.